The Morgan fingerprint density at radius 1 is 1.30 bits per heavy atom. The highest BCUT2D eigenvalue weighted by Gasteiger charge is 2.21. The minimum atomic E-state index is -0.399. The van der Waals surface area contributed by atoms with E-state index < -0.39 is 5.25 Å². The Balaban J connectivity index is 1.77. The normalized spacial score (nSPS) is 11.7. The Bertz CT molecular complexity index is 1110. The van der Waals surface area contributed by atoms with Crippen LogP contribution >= 0.6 is 23.4 Å². The predicted molar refractivity (Wildman–Crippen MR) is 121 cm³/mol. The molecule has 0 aliphatic rings. The highest BCUT2D eigenvalue weighted by Crippen LogP contribution is 2.28. The van der Waals surface area contributed by atoms with Crippen molar-refractivity contribution in [3.63, 3.8) is 0 Å². The fourth-order valence-electron chi connectivity index (χ4n) is 2.94. The number of nitriles is 1. The fourth-order valence-corrected chi connectivity index (χ4v) is 4.04. The minimum Gasteiger partial charge on any atom is -0.325 e. The molecule has 3 aromatic rings. The van der Waals surface area contributed by atoms with Crippen LogP contribution in [-0.4, -0.2) is 25.9 Å². The van der Waals surface area contributed by atoms with E-state index in [-0.39, 0.29) is 5.91 Å². The molecule has 6 nitrogen and oxygen atoms in total. The molecule has 1 unspecified atom stereocenters. The number of aromatic nitrogens is 3. The van der Waals surface area contributed by atoms with E-state index >= 15 is 0 Å². The van der Waals surface area contributed by atoms with Crippen LogP contribution in [0.25, 0.3) is 11.4 Å². The zero-order valence-electron chi connectivity index (χ0n) is 17.0. The number of thioether (sulfide) groups is 1. The Morgan fingerprint density at radius 3 is 2.77 bits per heavy atom. The number of halogens is 1. The second-order valence-corrected chi connectivity index (χ2v) is 8.60. The van der Waals surface area contributed by atoms with Gasteiger partial charge in [-0.3, -0.25) is 4.79 Å². The topological polar surface area (TPSA) is 83.6 Å². The SMILES string of the molecule is CCCn1c(SC(C)C(=O)Nc2ccc(C#N)c(Cl)c2)nnc1-c1cccc(C)c1. The van der Waals surface area contributed by atoms with Crippen LogP contribution in [0, 0.1) is 18.3 Å². The molecule has 0 aliphatic carbocycles. The number of nitrogens with one attached hydrogen (secondary N) is 1. The third-order valence-electron chi connectivity index (χ3n) is 4.45. The zero-order chi connectivity index (χ0) is 21.7. The lowest BCUT2D eigenvalue weighted by atomic mass is 10.1. The monoisotopic (exact) mass is 439 g/mol. The predicted octanol–water partition coefficient (Wildman–Crippen LogP) is 5.31. The molecule has 1 heterocycles. The number of rotatable bonds is 7. The number of benzene rings is 2. The zero-order valence-corrected chi connectivity index (χ0v) is 18.6. The van der Waals surface area contributed by atoms with Gasteiger partial charge in [0.1, 0.15) is 6.07 Å². The standard InChI is InChI=1S/C22H22ClN5OS/c1-4-10-28-20(16-7-5-6-14(2)11-16)26-27-22(28)30-15(3)21(29)25-18-9-8-17(13-24)19(23)12-18/h5-9,11-12,15H,4,10H2,1-3H3,(H,25,29). The van der Waals surface area contributed by atoms with Gasteiger partial charge in [-0.1, -0.05) is 54.0 Å². The van der Waals surface area contributed by atoms with Gasteiger partial charge < -0.3 is 9.88 Å². The van der Waals surface area contributed by atoms with Crippen LogP contribution in [0.1, 0.15) is 31.4 Å². The van der Waals surface area contributed by atoms with Crippen LogP contribution in [0.15, 0.2) is 47.6 Å². The van der Waals surface area contributed by atoms with E-state index in [1.165, 1.54) is 11.8 Å². The van der Waals surface area contributed by atoms with Crippen molar-refractivity contribution in [1.29, 1.82) is 5.26 Å². The van der Waals surface area contributed by atoms with Gasteiger partial charge in [-0.2, -0.15) is 5.26 Å². The van der Waals surface area contributed by atoms with E-state index in [1.807, 2.05) is 38.1 Å². The summed E-state index contributed by atoms with van der Waals surface area (Å²) < 4.78 is 2.06. The molecule has 0 saturated heterocycles. The van der Waals surface area contributed by atoms with E-state index in [0.717, 1.165) is 29.9 Å². The molecule has 1 N–H and O–H groups in total. The summed E-state index contributed by atoms with van der Waals surface area (Å²) in [6.45, 7) is 6.72. The van der Waals surface area contributed by atoms with Crippen molar-refractivity contribution in [2.24, 2.45) is 0 Å². The molecule has 154 valence electrons. The minimum absolute atomic E-state index is 0.177. The van der Waals surface area contributed by atoms with E-state index in [0.29, 0.717) is 21.4 Å². The summed E-state index contributed by atoms with van der Waals surface area (Å²) in [7, 11) is 0. The van der Waals surface area contributed by atoms with Crippen LogP contribution in [0.4, 0.5) is 5.69 Å². The Morgan fingerprint density at radius 2 is 2.10 bits per heavy atom. The summed E-state index contributed by atoms with van der Waals surface area (Å²) in [4.78, 5) is 12.7. The number of aryl methyl sites for hydroxylation is 1. The molecule has 0 radical (unpaired) electrons. The first-order chi connectivity index (χ1) is 14.4. The maximum Gasteiger partial charge on any atom is 0.237 e. The first kappa shape index (κ1) is 21.9. The van der Waals surface area contributed by atoms with Crippen LogP contribution in [-0.2, 0) is 11.3 Å². The van der Waals surface area contributed by atoms with Crippen LogP contribution in [0.3, 0.4) is 0 Å². The lowest BCUT2D eigenvalue weighted by Gasteiger charge is -2.14. The quantitative estimate of drug-likeness (QED) is 0.504. The van der Waals surface area contributed by atoms with Gasteiger partial charge in [0.05, 0.1) is 15.8 Å². The summed E-state index contributed by atoms with van der Waals surface area (Å²) >= 11 is 7.41. The Hall–Kier alpha value is -2.82. The van der Waals surface area contributed by atoms with Gasteiger partial charge in [0, 0.05) is 17.8 Å². The summed E-state index contributed by atoms with van der Waals surface area (Å²) in [5.41, 5.74) is 3.08. The summed E-state index contributed by atoms with van der Waals surface area (Å²) in [6, 6.07) is 15.0. The van der Waals surface area contributed by atoms with Crippen molar-refractivity contribution in [3.8, 4) is 17.5 Å². The number of nitrogens with zero attached hydrogens (tertiary/aromatic N) is 4. The van der Waals surface area contributed by atoms with E-state index in [9.17, 15) is 4.79 Å². The van der Waals surface area contributed by atoms with Crippen molar-refractivity contribution in [3.05, 3.63) is 58.6 Å². The third kappa shape index (κ3) is 5.02. The van der Waals surface area contributed by atoms with Crippen LogP contribution in [0.2, 0.25) is 5.02 Å². The first-order valence-electron chi connectivity index (χ1n) is 9.60. The molecule has 1 aromatic heterocycles. The average molecular weight is 440 g/mol. The molecule has 1 atom stereocenters. The molecule has 30 heavy (non-hydrogen) atoms. The molecular weight excluding hydrogens is 418 g/mol. The fraction of sp³-hybridized carbons (Fsp3) is 0.273. The van der Waals surface area contributed by atoms with Gasteiger partial charge in [0.25, 0.3) is 0 Å². The van der Waals surface area contributed by atoms with Crippen molar-refractivity contribution in [2.75, 3.05) is 5.32 Å². The number of carbonyl (C=O) groups excluding carboxylic acids is 1. The third-order valence-corrected chi connectivity index (χ3v) is 5.84. The maximum atomic E-state index is 12.7. The van der Waals surface area contributed by atoms with Crippen molar-refractivity contribution >= 4 is 35.0 Å². The van der Waals surface area contributed by atoms with Gasteiger partial charge >= 0.3 is 0 Å². The lowest BCUT2D eigenvalue weighted by molar-refractivity contribution is -0.115. The molecule has 0 fully saturated rings. The van der Waals surface area contributed by atoms with Gasteiger partial charge in [-0.05, 0) is 44.5 Å². The van der Waals surface area contributed by atoms with Crippen molar-refractivity contribution in [2.45, 2.75) is 44.1 Å². The van der Waals surface area contributed by atoms with Crippen molar-refractivity contribution in [1.82, 2.24) is 14.8 Å². The van der Waals surface area contributed by atoms with Gasteiger partial charge in [0.15, 0.2) is 11.0 Å². The number of amides is 1. The van der Waals surface area contributed by atoms with Crippen LogP contribution in [0.5, 0.6) is 0 Å². The Labute approximate surface area is 185 Å². The molecule has 2 aromatic carbocycles. The molecular formula is C22H22ClN5OS. The van der Waals surface area contributed by atoms with E-state index in [1.54, 1.807) is 18.2 Å². The highest BCUT2D eigenvalue weighted by atomic mass is 35.5. The molecule has 1 amide bonds. The van der Waals surface area contributed by atoms with Gasteiger partial charge in [-0.25, -0.2) is 0 Å². The lowest BCUT2D eigenvalue weighted by Crippen LogP contribution is -2.23. The molecule has 0 spiro atoms. The van der Waals surface area contributed by atoms with Crippen LogP contribution < -0.4 is 5.32 Å². The second kappa shape index (κ2) is 9.79. The molecule has 3 rings (SSSR count). The van der Waals surface area contributed by atoms with Gasteiger partial charge in [-0.15, -0.1) is 10.2 Å². The maximum absolute atomic E-state index is 12.7. The first-order valence-corrected chi connectivity index (χ1v) is 10.9. The number of hydrogen-bond donors (Lipinski definition) is 1. The summed E-state index contributed by atoms with van der Waals surface area (Å²) in [5, 5.41) is 21.2. The van der Waals surface area contributed by atoms with Crippen molar-refractivity contribution < 1.29 is 4.79 Å². The average Bonchev–Trinajstić information content (AvgIpc) is 3.10. The molecule has 0 bridgehead atoms. The summed E-state index contributed by atoms with van der Waals surface area (Å²) in [6.07, 6.45) is 0.925. The van der Waals surface area contributed by atoms with E-state index in [2.05, 4.69) is 33.1 Å². The van der Waals surface area contributed by atoms with Gasteiger partial charge in [0.2, 0.25) is 5.91 Å². The summed E-state index contributed by atoms with van der Waals surface area (Å²) in [5.74, 6) is 0.624. The number of anilines is 1. The van der Waals surface area contributed by atoms with E-state index in [4.69, 9.17) is 16.9 Å². The number of hydrogen-bond acceptors (Lipinski definition) is 5. The molecule has 8 heteroatoms. The number of carbonyl (C=O) groups is 1. The Kier molecular flexibility index (Phi) is 7.14. The smallest absolute Gasteiger partial charge is 0.237 e. The molecule has 0 saturated carbocycles. The second-order valence-electron chi connectivity index (χ2n) is 6.88. The molecule has 0 aliphatic heterocycles. The largest absolute Gasteiger partial charge is 0.325 e. The highest BCUT2D eigenvalue weighted by molar-refractivity contribution is 8.00.